The third-order valence-corrected chi connectivity index (χ3v) is 6.75. The Morgan fingerprint density at radius 2 is 1.59 bits per heavy atom. The summed E-state index contributed by atoms with van der Waals surface area (Å²) in [5.41, 5.74) is 1.87. The highest BCUT2D eigenvalue weighted by Crippen LogP contribution is 2.34. The maximum atomic E-state index is 12.6. The minimum atomic E-state index is -0.762. The van der Waals surface area contributed by atoms with Crippen LogP contribution in [0.5, 0.6) is 0 Å². The van der Waals surface area contributed by atoms with Crippen LogP contribution in [0.4, 0.5) is 0 Å². The summed E-state index contributed by atoms with van der Waals surface area (Å²) < 4.78 is 12.1. The predicted molar refractivity (Wildman–Crippen MR) is 147 cm³/mol. The molecule has 1 heterocycles. The monoisotopic (exact) mass is 516 g/mol. The molecule has 37 heavy (non-hydrogen) atoms. The van der Waals surface area contributed by atoms with Gasteiger partial charge in [-0.2, -0.15) is 5.10 Å². The van der Waals surface area contributed by atoms with Crippen LogP contribution in [-0.2, 0) is 27.4 Å². The zero-order chi connectivity index (χ0) is 26.6. The van der Waals surface area contributed by atoms with Crippen LogP contribution >= 0.6 is 11.8 Å². The Balaban J connectivity index is 1.30. The van der Waals surface area contributed by atoms with Gasteiger partial charge in [0.05, 0.1) is 18.3 Å². The Morgan fingerprint density at radius 3 is 2.30 bits per heavy atom. The second-order valence-corrected chi connectivity index (χ2v) is 12.1. The lowest BCUT2D eigenvalue weighted by Gasteiger charge is -2.28. The number of aromatic nitrogens is 2. The van der Waals surface area contributed by atoms with E-state index in [0.717, 1.165) is 16.0 Å². The molecule has 3 aromatic carbocycles. The highest BCUT2D eigenvalue weighted by atomic mass is 32.2. The molecule has 0 spiro atoms. The molecule has 0 aliphatic carbocycles. The van der Waals surface area contributed by atoms with Crippen LogP contribution in [0.25, 0.3) is 10.8 Å². The van der Waals surface area contributed by atoms with Crippen LogP contribution in [0.1, 0.15) is 56.1 Å². The summed E-state index contributed by atoms with van der Waals surface area (Å²) in [6.45, 7) is 9.98. The summed E-state index contributed by atoms with van der Waals surface area (Å²) in [7, 11) is 0. The number of hydrogen-bond donors (Lipinski definition) is 0. The smallest absolute Gasteiger partial charge is 0.338 e. The van der Waals surface area contributed by atoms with Gasteiger partial charge in [0.1, 0.15) is 17.0 Å². The third-order valence-electron chi connectivity index (χ3n) is 5.57. The van der Waals surface area contributed by atoms with Crippen molar-refractivity contribution in [3.63, 3.8) is 0 Å². The van der Waals surface area contributed by atoms with Crippen molar-refractivity contribution in [2.45, 2.75) is 63.0 Å². The number of rotatable bonds is 8. The molecule has 0 saturated carbocycles. The van der Waals surface area contributed by atoms with Crippen molar-refractivity contribution in [3.8, 4) is 0 Å². The normalized spacial score (nSPS) is 11.9. The molecule has 0 saturated heterocycles. The molecular formula is C30H32N2O4S. The van der Waals surface area contributed by atoms with Crippen molar-refractivity contribution >= 4 is 34.5 Å². The molecule has 0 atom stereocenters. The summed E-state index contributed by atoms with van der Waals surface area (Å²) in [5.74, 6) is -0.695. The second kappa shape index (κ2) is 10.8. The van der Waals surface area contributed by atoms with Crippen molar-refractivity contribution in [2.75, 3.05) is 0 Å². The summed E-state index contributed by atoms with van der Waals surface area (Å²) in [6, 6.07) is 21.7. The van der Waals surface area contributed by atoms with E-state index in [-0.39, 0.29) is 12.6 Å². The highest BCUT2D eigenvalue weighted by molar-refractivity contribution is 8.01. The Morgan fingerprint density at radius 1 is 0.892 bits per heavy atom. The molecule has 6 nitrogen and oxygen atoms in total. The molecule has 0 N–H and O–H groups in total. The number of carbonyl (C=O) groups is 2. The van der Waals surface area contributed by atoms with Gasteiger partial charge in [0.15, 0.2) is 0 Å². The summed E-state index contributed by atoms with van der Waals surface area (Å²) in [4.78, 5) is 25.9. The SMILES string of the molecule is CC(C)(C)OC(=O)C(C)(C)Sc1ccc(C(=O)OCc2cnn(Cc3ccc4ccccc4c3)c2)cc1. The standard InChI is InChI=1S/C30H32N2O4S/c1-29(2,3)36-28(34)30(4,5)37-26-14-12-24(13-15-26)27(33)35-20-22-17-31-32(19-22)18-21-10-11-23-8-6-7-9-25(23)16-21/h6-17,19H,18,20H2,1-5H3. The third kappa shape index (κ3) is 7.23. The molecule has 0 aliphatic rings. The van der Waals surface area contributed by atoms with E-state index in [9.17, 15) is 9.59 Å². The zero-order valence-corrected chi connectivity index (χ0v) is 22.7. The maximum absolute atomic E-state index is 12.6. The Labute approximate surface area is 222 Å². The molecule has 0 aliphatic heterocycles. The zero-order valence-electron chi connectivity index (χ0n) is 21.9. The van der Waals surface area contributed by atoms with Crippen LogP contribution in [0.2, 0.25) is 0 Å². The van der Waals surface area contributed by atoms with Gasteiger partial charge in [-0.05, 0) is 81.3 Å². The summed E-state index contributed by atoms with van der Waals surface area (Å²) >= 11 is 1.39. The molecule has 7 heteroatoms. The molecule has 0 radical (unpaired) electrons. The van der Waals surface area contributed by atoms with E-state index in [4.69, 9.17) is 9.47 Å². The largest absolute Gasteiger partial charge is 0.459 e. The molecule has 192 valence electrons. The van der Waals surface area contributed by atoms with Crippen LogP contribution in [0, 0.1) is 0 Å². The van der Waals surface area contributed by atoms with Crippen molar-refractivity contribution in [1.29, 1.82) is 0 Å². The van der Waals surface area contributed by atoms with Crippen molar-refractivity contribution in [3.05, 3.63) is 95.8 Å². The topological polar surface area (TPSA) is 70.4 Å². The fraction of sp³-hybridized carbons (Fsp3) is 0.300. The predicted octanol–water partition coefficient (Wildman–Crippen LogP) is 6.65. The highest BCUT2D eigenvalue weighted by Gasteiger charge is 2.33. The minimum Gasteiger partial charge on any atom is -0.459 e. The van der Waals surface area contributed by atoms with Crippen LogP contribution in [0.15, 0.2) is 84.0 Å². The van der Waals surface area contributed by atoms with Gasteiger partial charge in [-0.1, -0.05) is 36.4 Å². The molecule has 0 bridgehead atoms. The molecule has 0 amide bonds. The first-order valence-corrected chi connectivity index (χ1v) is 13.0. The maximum Gasteiger partial charge on any atom is 0.338 e. The lowest BCUT2D eigenvalue weighted by molar-refractivity contribution is -0.156. The first-order valence-electron chi connectivity index (χ1n) is 12.2. The molecular weight excluding hydrogens is 484 g/mol. The van der Waals surface area contributed by atoms with E-state index < -0.39 is 16.3 Å². The number of fused-ring (bicyclic) bond motifs is 1. The number of nitrogens with zero attached hydrogens (tertiary/aromatic N) is 2. The van der Waals surface area contributed by atoms with Gasteiger partial charge in [0.2, 0.25) is 0 Å². The fourth-order valence-corrected chi connectivity index (χ4v) is 4.71. The first kappa shape index (κ1) is 26.5. The average Bonchev–Trinajstić information content (AvgIpc) is 3.29. The van der Waals surface area contributed by atoms with Gasteiger partial charge in [0, 0.05) is 16.7 Å². The lowest BCUT2D eigenvalue weighted by atomic mass is 10.1. The van der Waals surface area contributed by atoms with Gasteiger partial charge < -0.3 is 9.47 Å². The molecule has 0 fully saturated rings. The van der Waals surface area contributed by atoms with E-state index in [1.54, 1.807) is 18.3 Å². The lowest BCUT2D eigenvalue weighted by Crippen LogP contribution is -2.36. The summed E-state index contributed by atoms with van der Waals surface area (Å²) in [5, 5.41) is 6.81. The number of hydrogen-bond acceptors (Lipinski definition) is 6. The second-order valence-electron chi connectivity index (χ2n) is 10.4. The van der Waals surface area contributed by atoms with Crippen molar-refractivity contribution in [2.24, 2.45) is 0 Å². The Bertz CT molecular complexity index is 1400. The van der Waals surface area contributed by atoms with Gasteiger partial charge in [0.25, 0.3) is 0 Å². The van der Waals surface area contributed by atoms with E-state index in [1.165, 1.54) is 22.5 Å². The van der Waals surface area contributed by atoms with Gasteiger partial charge in [-0.3, -0.25) is 9.48 Å². The Kier molecular flexibility index (Phi) is 7.73. The van der Waals surface area contributed by atoms with Crippen LogP contribution in [0.3, 0.4) is 0 Å². The number of esters is 2. The van der Waals surface area contributed by atoms with Gasteiger partial charge in [-0.15, -0.1) is 11.8 Å². The number of ether oxygens (including phenoxy) is 2. The van der Waals surface area contributed by atoms with Crippen LogP contribution < -0.4 is 0 Å². The van der Waals surface area contributed by atoms with Crippen LogP contribution in [-0.4, -0.2) is 32.1 Å². The number of carbonyl (C=O) groups excluding carboxylic acids is 2. The van der Waals surface area contributed by atoms with E-state index >= 15 is 0 Å². The number of thioether (sulfide) groups is 1. The van der Waals surface area contributed by atoms with Gasteiger partial charge in [-0.25, -0.2) is 4.79 Å². The Hall–Kier alpha value is -3.58. The first-order chi connectivity index (χ1) is 17.5. The summed E-state index contributed by atoms with van der Waals surface area (Å²) in [6.07, 6.45) is 3.60. The molecule has 4 aromatic rings. The van der Waals surface area contributed by atoms with Gasteiger partial charge >= 0.3 is 11.9 Å². The molecule has 1 aromatic heterocycles. The number of benzene rings is 3. The van der Waals surface area contributed by atoms with Crippen molar-refractivity contribution in [1.82, 2.24) is 9.78 Å². The van der Waals surface area contributed by atoms with Crippen molar-refractivity contribution < 1.29 is 19.1 Å². The van der Waals surface area contributed by atoms with E-state index in [1.807, 2.05) is 69.8 Å². The molecule has 4 rings (SSSR count). The average molecular weight is 517 g/mol. The van der Waals surface area contributed by atoms with E-state index in [2.05, 4.69) is 35.4 Å². The van der Waals surface area contributed by atoms with E-state index in [0.29, 0.717) is 12.1 Å². The minimum absolute atomic E-state index is 0.138. The fourth-order valence-electron chi connectivity index (χ4n) is 3.72. The molecule has 0 unspecified atom stereocenters. The quantitative estimate of drug-likeness (QED) is 0.193.